The van der Waals surface area contributed by atoms with Crippen LogP contribution in [0.15, 0.2) is 29.4 Å². The number of thioether (sulfide) groups is 1. The van der Waals surface area contributed by atoms with Crippen LogP contribution in [0.4, 0.5) is 0 Å². The molecule has 0 saturated heterocycles. The molecule has 0 aliphatic rings. The average molecular weight is 325 g/mol. The molecule has 0 fully saturated rings. The van der Waals surface area contributed by atoms with Crippen LogP contribution < -0.4 is 5.32 Å². The Morgan fingerprint density at radius 1 is 1.48 bits per heavy atom. The molecule has 0 unspecified atom stereocenters. The largest absolute Gasteiger partial charge is 0.352 e. The number of nitrogens with zero attached hydrogens (tertiary/aromatic N) is 3. The lowest BCUT2D eigenvalue weighted by molar-refractivity contribution is 0.0951. The normalized spacial score (nSPS) is 10.6. The summed E-state index contributed by atoms with van der Waals surface area (Å²) in [5, 5.41) is 11.3. The van der Waals surface area contributed by atoms with Crippen molar-refractivity contribution in [1.29, 1.82) is 0 Å². The number of aromatic nitrogens is 3. The highest BCUT2D eigenvalue weighted by atomic mass is 35.5. The number of rotatable bonds is 6. The van der Waals surface area contributed by atoms with Crippen molar-refractivity contribution >= 4 is 29.3 Å². The molecule has 1 amide bonds. The molecule has 0 atom stereocenters. The van der Waals surface area contributed by atoms with Crippen molar-refractivity contribution in [1.82, 2.24) is 20.1 Å². The van der Waals surface area contributed by atoms with Crippen LogP contribution in [0.25, 0.3) is 0 Å². The molecule has 2 aromatic rings. The number of amides is 1. The highest BCUT2D eigenvalue weighted by Gasteiger charge is 2.12. The van der Waals surface area contributed by atoms with E-state index in [-0.39, 0.29) is 5.91 Å². The second kappa shape index (κ2) is 7.47. The smallest absolute Gasteiger partial charge is 0.252 e. The topological polar surface area (TPSA) is 59.8 Å². The maximum atomic E-state index is 12.3. The Labute approximate surface area is 133 Å². The van der Waals surface area contributed by atoms with Crippen LogP contribution in [0.1, 0.15) is 23.1 Å². The van der Waals surface area contributed by atoms with Gasteiger partial charge in [-0.25, -0.2) is 0 Å². The van der Waals surface area contributed by atoms with Gasteiger partial charge in [0.15, 0.2) is 0 Å². The molecule has 0 radical (unpaired) electrons. The Morgan fingerprint density at radius 3 is 2.95 bits per heavy atom. The van der Waals surface area contributed by atoms with E-state index in [0.717, 1.165) is 16.5 Å². The molecule has 21 heavy (non-hydrogen) atoms. The highest BCUT2D eigenvalue weighted by molar-refractivity contribution is 7.99. The second-order valence-electron chi connectivity index (χ2n) is 4.44. The predicted molar refractivity (Wildman–Crippen MR) is 84.9 cm³/mol. The van der Waals surface area contributed by atoms with Gasteiger partial charge in [-0.15, -0.1) is 22.0 Å². The number of aryl methyl sites for hydroxylation is 1. The van der Waals surface area contributed by atoms with Gasteiger partial charge >= 0.3 is 0 Å². The van der Waals surface area contributed by atoms with E-state index in [1.165, 1.54) is 0 Å². The van der Waals surface area contributed by atoms with E-state index in [4.69, 9.17) is 11.6 Å². The Kier molecular flexibility index (Phi) is 5.64. The molecule has 0 saturated carbocycles. The van der Waals surface area contributed by atoms with E-state index in [9.17, 15) is 4.79 Å². The van der Waals surface area contributed by atoms with Gasteiger partial charge in [0.1, 0.15) is 12.2 Å². The predicted octanol–water partition coefficient (Wildman–Crippen LogP) is 2.55. The minimum Gasteiger partial charge on any atom is -0.352 e. The third-order valence-electron chi connectivity index (χ3n) is 2.93. The van der Waals surface area contributed by atoms with Crippen LogP contribution in [-0.2, 0) is 13.5 Å². The van der Waals surface area contributed by atoms with Crippen LogP contribution in [0.5, 0.6) is 0 Å². The van der Waals surface area contributed by atoms with E-state index in [2.05, 4.69) is 15.5 Å². The van der Waals surface area contributed by atoms with Gasteiger partial charge in [0.2, 0.25) is 0 Å². The summed E-state index contributed by atoms with van der Waals surface area (Å²) in [7, 11) is 1.88. The first-order valence-corrected chi connectivity index (χ1v) is 8.01. The first kappa shape index (κ1) is 15.9. The molecule has 0 aliphatic heterocycles. The minimum atomic E-state index is -0.0928. The quantitative estimate of drug-likeness (QED) is 0.830. The van der Waals surface area contributed by atoms with Gasteiger partial charge in [0.05, 0.1) is 5.56 Å². The molecule has 1 aromatic heterocycles. The fourth-order valence-electron chi connectivity index (χ4n) is 1.88. The molecule has 1 N–H and O–H groups in total. The van der Waals surface area contributed by atoms with Gasteiger partial charge in [-0.1, -0.05) is 18.5 Å². The number of carbonyl (C=O) groups excluding carboxylic acids is 1. The first-order valence-electron chi connectivity index (χ1n) is 6.65. The average Bonchev–Trinajstić information content (AvgIpc) is 2.85. The zero-order valence-corrected chi connectivity index (χ0v) is 13.5. The lowest BCUT2D eigenvalue weighted by Gasteiger charge is -2.09. The Bertz CT molecular complexity index is 629. The zero-order chi connectivity index (χ0) is 15.2. The minimum absolute atomic E-state index is 0.0928. The molecule has 0 spiro atoms. The lowest BCUT2D eigenvalue weighted by atomic mass is 10.2. The fraction of sp³-hybridized carbons (Fsp3) is 0.357. The molecule has 0 aliphatic carbocycles. The summed E-state index contributed by atoms with van der Waals surface area (Å²) in [6, 6.07) is 5.32. The number of benzene rings is 1. The van der Waals surface area contributed by atoms with E-state index < -0.39 is 0 Å². The number of carbonyl (C=O) groups is 1. The molecule has 112 valence electrons. The molecular weight excluding hydrogens is 308 g/mol. The van der Waals surface area contributed by atoms with Gasteiger partial charge in [-0.2, -0.15) is 0 Å². The van der Waals surface area contributed by atoms with E-state index in [0.29, 0.717) is 23.6 Å². The number of nitrogens with one attached hydrogen (secondary N) is 1. The maximum absolute atomic E-state index is 12.3. The van der Waals surface area contributed by atoms with Crippen LogP contribution in [0.2, 0.25) is 5.02 Å². The summed E-state index contributed by atoms with van der Waals surface area (Å²) in [4.78, 5) is 13.2. The lowest BCUT2D eigenvalue weighted by Crippen LogP contribution is -2.26. The van der Waals surface area contributed by atoms with Crippen molar-refractivity contribution in [3.63, 3.8) is 0 Å². The number of halogens is 1. The number of hydrogen-bond acceptors (Lipinski definition) is 4. The number of hydrogen-bond donors (Lipinski definition) is 1. The fourth-order valence-corrected chi connectivity index (χ4v) is 2.95. The van der Waals surface area contributed by atoms with Crippen LogP contribution in [0.3, 0.4) is 0 Å². The monoisotopic (exact) mass is 324 g/mol. The molecule has 0 bridgehead atoms. The third kappa shape index (κ3) is 4.22. The third-order valence-corrected chi connectivity index (χ3v) is 4.10. The van der Waals surface area contributed by atoms with Crippen LogP contribution >= 0.6 is 23.4 Å². The maximum Gasteiger partial charge on any atom is 0.252 e. The Balaban J connectivity index is 1.98. The SMILES string of the molecule is CCSc1cc(Cl)ccc1C(=O)NCCc1nncn1C. The molecular formula is C14H17ClN4OS. The second-order valence-corrected chi connectivity index (χ2v) is 6.18. The summed E-state index contributed by atoms with van der Waals surface area (Å²) in [5.74, 6) is 1.64. The standard InChI is InChI=1S/C14H17ClN4OS/c1-3-21-12-8-10(15)4-5-11(12)14(20)16-7-6-13-18-17-9-19(13)2/h4-5,8-9H,3,6-7H2,1-2H3,(H,16,20). The molecule has 1 heterocycles. The summed E-state index contributed by atoms with van der Waals surface area (Å²) in [6.07, 6.45) is 2.29. The highest BCUT2D eigenvalue weighted by Crippen LogP contribution is 2.26. The van der Waals surface area contributed by atoms with E-state index >= 15 is 0 Å². The molecule has 1 aromatic carbocycles. The summed E-state index contributed by atoms with van der Waals surface area (Å²) in [6.45, 7) is 2.56. The van der Waals surface area contributed by atoms with Gasteiger partial charge < -0.3 is 9.88 Å². The van der Waals surface area contributed by atoms with Gasteiger partial charge in [0, 0.05) is 29.9 Å². The van der Waals surface area contributed by atoms with Gasteiger partial charge in [0.25, 0.3) is 5.91 Å². The Hall–Kier alpha value is -1.53. The van der Waals surface area contributed by atoms with E-state index in [1.807, 2.05) is 24.6 Å². The summed E-state index contributed by atoms with van der Waals surface area (Å²) < 4.78 is 1.84. The first-order chi connectivity index (χ1) is 10.1. The summed E-state index contributed by atoms with van der Waals surface area (Å²) >= 11 is 7.59. The van der Waals surface area contributed by atoms with Crippen molar-refractivity contribution in [3.8, 4) is 0 Å². The molecule has 5 nitrogen and oxygen atoms in total. The van der Waals surface area contributed by atoms with Crippen molar-refractivity contribution in [3.05, 3.63) is 40.9 Å². The van der Waals surface area contributed by atoms with Crippen molar-refractivity contribution in [2.45, 2.75) is 18.2 Å². The van der Waals surface area contributed by atoms with E-state index in [1.54, 1.807) is 30.2 Å². The Morgan fingerprint density at radius 2 is 2.29 bits per heavy atom. The van der Waals surface area contributed by atoms with Crippen molar-refractivity contribution in [2.75, 3.05) is 12.3 Å². The van der Waals surface area contributed by atoms with Gasteiger partial charge in [-0.05, 0) is 24.0 Å². The zero-order valence-electron chi connectivity index (χ0n) is 12.0. The molecule has 7 heteroatoms. The van der Waals surface area contributed by atoms with Crippen molar-refractivity contribution < 1.29 is 4.79 Å². The molecule has 2 rings (SSSR count). The van der Waals surface area contributed by atoms with Crippen LogP contribution in [0, 0.1) is 0 Å². The van der Waals surface area contributed by atoms with Crippen LogP contribution in [-0.4, -0.2) is 33.0 Å². The van der Waals surface area contributed by atoms with Gasteiger partial charge in [-0.3, -0.25) is 4.79 Å². The summed E-state index contributed by atoms with van der Waals surface area (Å²) in [5.41, 5.74) is 0.657. The van der Waals surface area contributed by atoms with Crippen molar-refractivity contribution in [2.24, 2.45) is 7.05 Å².